The van der Waals surface area contributed by atoms with E-state index in [1.165, 1.54) is 16.3 Å². The average Bonchev–Trinajstić information content (AvgIpc) is 2.39. The van der Waals surface area contributed by atoms with Gasteiger partial charge in [-0.2, -0.15) is 5.26 Å². The molecule has 2 aromatic carbocycles. The zero-order valence-corrected chi connectivity index (χ0v) is 9.98. The van der Waals surface area contributed by atoms with Crippen LogP contribution in [0.3, 0.4) is 0 Å². The molecule has 0 bridgehead atoms. The first-order valence-corrected chi connectivity index (χ1v) is 5.88. The van der Waals surface area contributed by atoms with E-state index in [1.54, 1.807) is 0 Å². The molecule has 0 heterocycles. The highest BCUT2D eigenvalue weighted by atomic mass is 14.9. The third-order valence-electron chi connectivity index (χ3n) is 3.07. The van der Waals surface area contributed by atoms with Gasteiger partial charge in [-0.3, -0.25) is 0 Å². The summed E-state index contributed by atoms with van der Waals surface area (Å²) >= 11 is 0. The smallest absolute Gasteiger partial charge is 0.0622 e. The van der Waals surface area contributed by atoms with Gasteiger partial charge in [-0.25, -0.2) is 0 Å². The zero-order valence-electron chi connectivity index (χ0n) is 9.98. The molecule has 0 aliphatic heterocycles. The largest absolute Gasteiger partial charge is 0.313 e. The number of benzene rings is 2. The molecule has 17 heavy (non-hydrogen) atoms. The number of hydrogen-bond acceptors (Lipinski definition) is 2. The van der Waals surface area contributed by atoms with Crippen LogP contribution in [0.1, 0.15) is 24.4 Å². The Kier molecular flexibility index (Phi) is 3.74. The summed E-state index contributed by atoms with van der Waals surface area (Å²) in [6.07, 6.45) is 1.43. The van der Waals surface area contributed by atoms with E-state index in [9.17, 15) is 0 Å². The van der Waals surface area contributed by atoms with Gasteiger partial charge >= 0.3 is 0 Å². The molecular weight excluding hydrogens is 208 g/mol. The monoisotopic (exact) mass is 224 g/mol. The molecule has 0 saturated heterocycles. The van der Waals surface area contributed by atoms with Crippen LogP contribution in [0.4, 0.5) is 0 Å². The van der Waals surface area contributed by atoms with E-state index in [4.69, 9.17) is 5.26 Å². The second kappa shape index (κ2) is 5.47. The van der Waals surface area contributed by atoms with Crippen LogP contribution in [0.5, 0.6) is 0 Å². The van der Waals surface area contributed by atoms with E-state index in [0.717, 1.165) is 6.42 Å². The van der Waals surface area contributed by atoms with Gasteiger partial charge in [0.2, 0.25) is 0 Å². The molecule has 0 saturated carbocycles. The van der Waals surface area contributed by atoms with Crippen LogP contribution in [0.2, 0.25) is 0 Å². The van der Waals surface area contributed by atoms with Crippen molar-refractivity contribution in [3.05, 3.63) is 48.0 Å². The lowest BCUT2D eigenvalue weighted by atomic mass is 9.99. The van der Waals surface area contributed by atoms with Crippen molar-refractivity contribution in [1.29, 1.82) is 5.26 Å². The number of nitrogens with zero attached hydrogens (tertiary/aromatic N) is 1. The highest BCUT2D eigenvalue weighted by Crippen LogP contribution is 2.22. The highest BCUT2D eigenvalue weighted by molar-refractivity contribution is 5.83. The molecule has 0 amide bonds. The highest BCUT2D eigenvalue weighted by Gasteiger charge is 2.08. The van der Waals surface area contributed by atoms with Crippen LogP contribution in [0, 0.1) is 11.3 Å². The molecule has 0 aliphatic rings. The Morgan fingerprint density at radius 1 is 1.18 bits per heavy atom. The van der Waals surface area contributed by atoms with Gasteiger partial charge in [-0.1, -0.05) is 36.4 Å². The molecule has 0 radical (unpaired) electrons. The Hall–Kier alpha value is -1.85. The number of hydrogen-bond donors (Lipinski definition) is 1. The summed E-state index contributed by atoms with van der Waals surface area (Å²) in [6, 6.07) is 17.3. The molecule has 1 N–H and O–H groups in total. The van der Waals surface area contributed by atoms with Gasteiger partial charge in [0, 0.05) is 12.5 Å². The van der Waals surface area contributed by atoms with Crippen LogP contribution in [-0.4, -0.2) is 7.05 Å². The van der Waals surface area contributed by atoms with E-state index < -0.39 is 0 Å². The van der Waals surface area contributed by atoms with Crippen LogP contribution < -0.4 is 5.32 Å². The summed E-state index contributed by atoms with van der Waals surface area (Å²) in [6.45, 7) is 0. The number of rotatable bonds is 4. The van der Waals surface area contributed by atoms with Crippen molar-refractivity contribution in [2.24, 2.45) is 0 Å². The second-order valence-electron chi connectivity index (χ2n) is 4.14. The SMILES string of the molecule is CNC(CCC#N)c1ccc2ccccc2c1. The summed E-state index contributed by atoms with van der Waals surface area (Å²) in [5, 5.41) is 14.4. The Balaban J connectivity index is 2.31. The maximum atomic E-state index is 8.65. The fourth-order valence-electron chi connectivity index (χ4n) is 2.11. The molecule has 0 aromatic heterocycles. The van der Waals surface area contributed by atoms with Crippen molar-refractivity contribution in [2.75, 3.05) is 7.05 Å². The van der Waals surface area contributed by atoms with Gasteiger partial charge in [-0.15, -0.1) is 0 Å². The minimum absolute atomic E-state index is 0.263. The maximum Gasteiger partial charge on any atom is 0.0622 e. The topological polar surface area (TPSA) is 35.8 Å². The molecule has 86 valence electrons. The number of nitriles is 1. The quantitative estimate of drug-likeness (QED) is 0.864. The van der Waals surface area contributed by atoms with Crippen molar-refractivity contribution in [1.82, 2.24) is 5.32 Å². The average molecular weight is 224 g/mol. The zero-order chi connectivity index (χ0) is 12.1. The maximum absolute atomic E-state index is 8.65. The standard InChI is InChI=1S/C15H16N2/c1-17-15(7-4-10-16)14-9-8-12-5-2-3-6-13(12)11-14/h2-3,5-6,8-9,11,15,17H,4,7H2,1H3. The Labute approximate surface area is 102 Å². The molecule has 2 aromatic rings. The van der Waals surface area contributed by atoms with Crippen molar-refractivity contribution in [3.8, 4) is 6.07 Å². The molecule has 0 spiro atoms. The molecule has 1 unspecified atom stereocenters. The fourth-order valence-corrected chi connectivity index (χ4v) is 2.11. The summed E-state index contributed by atoms with van der Waals surface area (Å²) in [7, 11) is 1.94. The molecular formula is C15H16N2. The summed E-state index contributed by atoms with van der Waals surface area (Å²) < 4.78 is 0. The van der Waals surface area contributed by atoms with Crippen molar-refractivity contribution in [3.63, 3.8) is 0 Å². The van der Waals surface area contributed by atoms with Crippen molar-refractivity contribution >= 4 is 10.8 Å². The van der Waals surface area contributed by atoms with Gasteiger partial charge in [0.15, 0.2) is 0 Å². The minimum Gasteiger partial charge on any atom is -0.313 e. The lowest BCUT2D eigenvalue weighted by Crippen LogP contribution is -2.15. The Morgan fingerprint density at radius 3 is 2.65 bits per heavy atom. The summed E-state index contributed by atoms with van der Waals surface area (Å²) in [5.74, 6) is 0. The molecule has 2 rings (SSSR count). The lowest BCUT2D eigenvalue weighted by molar-refractivity contribution is 0.558. The third kappa shape index (κ3) is 2.64. The van der Waals surface area contributed by atoms with Gasteiger partial charge in [0.05, 0.1) is 6.07 Å². The van der Waals surface area contributed by atoms with E-state index in [1.807, 2.05) is 13.1 Å². The van der Waals surface area contributed by atoms with Crippen LogP contribution >= 0.6 is 0 Å². The van der Waals surface area contributed by atoms with Crippen LogP contribution in [0.25, 0.3) is 10.8 Å². The van der Waals surface area contributed by atoms with E-state index >= 15 is 0 Å². The number of nitrogens with one attached hydrogen (secondary N) is 1. The predicted molar refractivity (Wildman–Crippen MR) is 70.6 cm³/mol. The Morgan fingerprint density at radius 2 is 1.94 bits per heavy atom. The van der Waals surface area contributed by atoms with Gasteiger partial charge in [0.25, 0.3) is 0 Å². The van der Waals surface area contributed by atoms with Gasteiger partial charge in [-0.05, 0) is 35.9 Å². The normalized spacial score (nSPS) is 12.2. The molecule has 1 atom stereocenters. The minimum atomic E-state index is 0.263. The first-order valence-electron chi connectivity index (χ1n) is 5.88. The van der Waals surface area contributed by atoms with Gasteiger partial charge in [0.1, 0.15) is 0 Å². The van der Waals surface area contributed by atoms with Crippen molar-refractivity contribution < 1.29 is 0 Å². The van der Waals surface area contributed by atoms with E-state index in [2.05, 4.69) is 47.8 Å². The fraction of sp³-hybridized carbons (Fsp3) is 0.267. The van der Waals surface area contributed by atoms with Gasteiger partial charge < -0.3 is 5.32 Å². The summed E-state index contributed by atoms with van der Waals surface area (Å²) in [5.41, 5.74) is 1.25. The van der Waals surface area contributed by atoms with E-state index in [0.29, 0.717) is 6.42 Å². The van der Waals surface area contributed by atoms with Crippen molar-refractivity contribution in [2.45, 2.75) is 18.9 Å². The molecule has 0 aliphatic carbocycles. The predicted octanol–water partition coefficient (Wildman–Crippen LogP) is 3.40. The first-order chi connectivity index (χ1) is 8.35. The van der Waals surface area contributed by atoms with E-state index in [-0.39, 0.29) is 6.04 Å². The summed E-state index contributed by atoms with van der Waals surface area (Å²) in [4.78, 5) is 0. The third-order valence-corrected chi connectivity index (χ3v) is 3.07. The molecule has 2 heteroatoms. The Bertz CT molecular complexity index is 540. The molecule has 0 fully saturated rings. The van der Waals surface area contributed by atoms with Crippen LogP contribution in [-0.2, 0) is 0 Å². The lowest BCUT2D eigenvalue weighted by Gasteiger charge is -2.15. The van der Waals surface area contributed by atoms with Crippen LogP contribution in [0.15, 0.2) is 42.5 Å². The second-order valence-corrected chi connectivity index (χ2v) is 4.14. The number of fused-ring (bicyclic) bond motifs is 1. The first kappa shape index (κ1) is 11.6. The molecule has 2 nitrogen and oxygen atoms in total.